The van der Waals surface area contributed by atoms with Crippen molar-refractivity contribution in [1.29, 1.82) is 0 Å². The van der Waals surface area contributed by atoms with Crippen LogP contribution in [-0.4, -0.2) is 10.2 Å². The Morgan fingerprint density at radius 1 is 1.33 bits per heavy atom. The van der Waals surface area contributed by atoms with Crippen molar-refractivity contribution in [1.82, 2.24) is 0 Å². The molecule has 1 aromatic rings. The Balaban J connectivity index is 2.51. The third-order valence-corrected chi connectivity index (χ3v) is 3.04. The van der Waals surface area contributed by atoms with E-state index >= 15 is 0 Å². The fourth-order valence-corrected chi connectivity index (χ4v) is 1.90. The lowest BCUT2D eigenvalue weighted by Crippen LogP contribution is -2.04. The fraction of sp³-hybridized carbons (Fsp3) is 0.333. The van der Waals surface area contributed by atoms with E-state index < -0.39 is 5.60 Å². The molecule has 0 amide bonds. The van der Waals surface area contributed by atoms with Crippen LogP contribution >= 0.6 is 15.9 Å². The first kappa shape index (κ1) is 8.08. The Bertz CT molecular complexity index is 318. The van der Waals surface area contributed by atoms with Crippen LogP contribution in [0.25, 0.3) is 0 Å². The summed E-state index contributed by atoms with van der Waals surface area (Å²) in [5.41, 5.74) is 0.111. The average Bonchev–Trinajstić information content (AvgIpc) is 2.75. The molecule has 12 heavy (non-hydrogen) atoms. The number of rotatable bonds is 1. The van der Waals surface area contributed by atoms with Crippen LogP contribution in [0.15, 0.2) is 22.7 Å². The van der Waals surface area contributed by atoms with Crippen LogP contribution in [0.3, 0.4) is 0 Å². The molecule has 2 N–H and O–H groups in total. The summed E-state index contributed by atoms with van der Waals surface area (Å²) < 4.78 is 0.616. The van der Waals surface area contributed by atoms with Gasteiger partial charge in [-0.05, 0) is 34.8 Å². The van der Waals surface area contributed by atoms with Gasteiger partial charge >= 0.3 is 0 Å². The molecular formula is C9H9BrO2. The van der Waals surface area contributed by atoms with E-state index in [0.717, 1.165) is 18.4 Å². The van der Waals surface area contributed by atoms with Gasteiger partial charge in [-0.3, -0.25) is 0 Å². The van der Waals surface area contributed by atoms with Gasteiger partial charge in [-0.1, -0.05) is 12.1 Å². The zero-order chi connectivity index (χ0) is 8.77. The zero-order valence-electron chi connectivity index (χ0n) is 6.42. The SMILES string of the molecule is Oc1cccc(C2(O)CC2)c1Br. The molecule has 0 atom stereocenters. The Morgan fingerprint density at radius 2 is 2.00 bits per heavy atom. The first-order valence-electron chi connectivity index (χ1n) is 3.84. The minimum Gasteiger partial charge on any atom is -0.507 e. The maximum atomic E-state index is 9.76. The van der Waals surface area contributed by atoms with Gasteiger partial charge in [-0.15, -0.1) is 0 Å². The number of hydrogen-bond donors (Lipinski definition) is 2. The van der Waals surface area contributed by atoms with Crippen LogP contribution in [0, 0.1) is 0 Å². The van der Waals surface area contributed by atoms with Crippen molar-refractivity contribution < 1.29 is 10.2 Å². The fourth-order valence-electron chi connectivity index (χ4n) is 1.27. The lowest BCUT2D eigenvalue weighted by atomic mass is 10.1. The molecule has 0 radical (unpaired) electrons. The number of phenols is 1. The van der Waals surface area contributed by atoms with Crippen molar-refractivity contribution >= 4 is 15.9 Å². The summed E-state index contributed by atoms with van der Waals surface area (Å²) >= 11 is 3.25. The molecule has 1 aliphatic rings. The first-order valence-corrected chi connectivity index (χ1v) is 4.63. The monoisotopic (exact) mass is 228 g/mol. The number of aromatic hydroxyl groups is 1. The van der Waals surface area contributed by atoms with E-state index in [1.807, 2.05) is 6.07 Å². The average molecular weight is 229 g/mol. The molecule has 1 saturated carbocycles. The highest BCUT2D eigenvalue weighted by molar-refractivity contribution is 9.10. The van der Waals surface area contributed by atoms with E-state index in [9.17, 15) is 10.2 Å². The number of aliphatic hydroxyl groups is 1. The van der Waals surface area contributed by atoms with Gasteiger partial charge in [0.1, 0.15) is 5.75 Å². The van der Waals surface area contributed by atoms with Gasteiger partial charge in [0.2, 0.25) is 0 Å². The molecular weight excluding hydrogens is 220 g/mol. The maximum absolute atomic E-state index is 9.76. The number of halogens is 1. The largest absolute Gasteiger partial charge is 0.507 e. The summed E-state index contributed by atoms with van der Waals surface area (Å²) in [6.07, 6.45) is 1.57. The summed E-state index contributed by atoms with van der Waals surface area (Å²) in [5, 5.41) is 19.1. The van der Waals surface area contributed by atoms with Crippen LogP contribution in [0.5, 0.6) is 5.75 Å². The highest BCUT2D eigenvalue weighted by Gasteiger charge is 2.43. The van der Waals surface area contributed by atoms with Crippen molar-refractivity contribution in [3.05, 3.63) is 28.2 Å². The lowest BCUT2D eigenvalue weighted by molar-refractivity contribution is 0.150. The van der Waals surface area contributed by atoms with Gasteiger partial charge in [0.05, 0.1) is 10.1 Å². The highest BCUT2D eigenvalue weighted by atomic mass is 79.9. The molecule has 1 aromatic carbocycles. The molecule has 0 aromatic heterocycles. The van der Waals surface area contributed by atoms with E-state index in [1.165, 1.54) is 0 Å². The molecule has 0 spiro atoms. The predicted molar refractivity (Wildman–Crippen MR) is 48.9 cm³/mol. The first-order chi connectivity index (χ1) is 5.63. The van der Waals surface area contributed by atoms with E-state index in [4.69, 9.17) is 0 Å². The minimum atomic E-state index is -0.683. The van der Waals surface area contributed by atoms with Crippen LogP contribution in [0.2, 0.25) is 0 Å². The molecule has 0 bridgehead atoms. The minimum absolute atomic E-state index is 0.188. The zero-order valence-corrected chi connectivity index (χ0v) is 8.00. The summed E-state index contributed by atoms with van der Waals surface area (Å²) in [7, 11) is 0. The lowest BCUT2D eigenvalue weighted by Gasteiger charge is -2.10. The summed E-state index contributed by atoms with van der Waals surface area (Å²) in [6, 6.07) is 5.17. The van der Waals surface area contributed by atoms with Crippen LogP contribution in [-0.2, 0) is 5.60 Å². The Hall–Kier alpha value is -0.540. The molecule has 0 aliphatic heterocycles. The topological polar surface area (TPSA) is 40.5 Å². The van der Waals surface area contributed by atoms with Crippen LogP contribution in [0.1, 0.15) is 18.4 Å². The second kappa shape index (κ2) is 2.47. The third-order valence-electron chi connectivity index (χ3n) is 2.20. The van der Waals surface area contributed by atoms with Crippen molar-refractivity contribution in [3.8, 4) is 5.75 Å². The molecule has 2 rings (SSSR count). The quantitative estimate of drug-likeness (QED) is 0.774. The maximum Gasteiger partial charge on any atom is 0.130 e. The van der Waals surface area contributed by atoms with Crippen molar-refractivity contribution in [3.63, 3.8) is 0 Å². The van der Waals surface area contributed by atoms with Gasteiger partial charge in [-0.25, -0.2) is 0 Å². The molecule has 1 aliphatic carbocycles. The second-order valence-electron chi connectivity index (χ2n) is 3.17. The third kappa shape index (κ3) is 1.13. The normalized spacial score (nSPS) is 19.2. The summed E-state index contributed by atoms with van der Waals surface area (Å²) in [4.78, 5) is 0. The van der Waals surface area contributed by atoms with Gasteiger partial charge in [-0.2, -0.15) is 0 Å². The second-order valence-corrected chi connectivity index (χ2v) is 3.96. The molecule has 1 fully saturated rings. The van der Waals surface area contributed by atoms with E-state index in [-0.39, 0.29) is 5.75 Å². The molecule has 64 valence electrons. The standard InChI is InChI=1S/C9H9BrO2/c10-8-6(9(12)4-5-9)2-1-3-7(8)11/h1-3,11-12H,4-5H2. The van der Waals surface area contributed by atoms with Gasteiger partial charge in [0, 0.05) is 5.56 Å². The smallest absolute Gasteiger partial charge is 0.130 e. The molecule has 0 heterocycles. The number of phenolic OH excluding ortho intramolecular Hbond substituents is 1. The summed E-state index contributed by atoms with van der Waals surface area (Å²) in [6.45, 7) is 0. The van der Waals surface area contributed by atoms with E-state index in [1.54, 1.807) is 12.1 Å². The van der Waals surface area contributed by atoms with Crippen LogP contribution < -0.4 is 0 Å². The van der Waals surface area contributed by atoms with Gasteiger partial charge in [0.15, 0.2) is 0 Å². The Labute approximate surface area is 79.0 Å². The van der Waals surface area contributed by atoms with Gasteiger partial charge < -0.3 is 10.2 Å². The van der Waals surface area contributed by atoms with Crippen molar-refractivity contribution in [2.24, 2.45) is 0 Å². The summed E-state index contributed by atoms with van der Waals surface area (Å²) in [5.74, 6) is 0.188. The van der Waals surface area contributed by atoms with E-state index in [0.29, 0.717) is 4.47 Å². The number of benzene rings is 1. The molecule has 2 nitrogen and oxygen atoms in total. The molecule has 0 unspecified atom stereocenters. The predicted octanol–water partition coefficient (Wildman–Crippen LogP) is 2.14. The highest BCUT2D eigenvalue weighted by Crippen LogP contribution is 2.49. The van der Waals surface area contributed by atoms with Crippen molar-refractivity contribution in [2.75, 3.05) is 0 Å². The van der Waals surface area contributed by atoms with Gasteiger partial charge in [0.25, 0.3) is 0 Å². The molecule has 0 saturated heterocycles. The Morgan fingerprint density at radius 3 is 2.58 bits per heavy atom. The van der Waals surface area contributed by atoms with Crippen LogP contribution in [0.4, 0.5) is 0 Å². The number of hydrogen-bond acceptors (Lipinski definition) is 2. The van der Waals surface area contributed by atoms with E-state index in [2.05, 4.69) is 15.9 Å². The molecule has 3 heteroatoms. The Kier molecular flexibility index (Phi) is 1.66. The van der Waals surface area contributed by atoms with Crippen molar-refractivity contribution in [2.45, 2.75) is 18.4 Å².